The van der Waals surface area contributed by atoms with E-state index in [9.17, 15) is 0 Å². The maximum absolute atomic E-state index is 2.60. The Kier molecular flexibility index (Phi) is 1.79. The second kappa shape index (κ2) is 2.70. The van der Waals surface area contributed by atoms with Crippen LogP contribution in [0.25, 0.3) is 0 Å². The number of allylic oxidation sites excluding steroid dienone is 2. The molecule has 0 N–H and O–H groups in total. The van der Waals surface area contributed by atoms with Crippen LogP contribution in [0.1, 0.15) is 53.4 Å². The van der Waals surface area contributed by atoms with Crippen LogP contribution in [0.15, 0.2) is 11.6 Å². The Morgan fingerprint density at radius 3 is 2.73 bits per heavy atom. The summed E-state index contributed by atoms with van der Waals surface area (Å²) in [5.74, 6) is 2.89. The Morgan fingerprint density at radius 1 is 1.27 bits per heavy atom. The first-order valence-corrected chi connectivity index (χ1v) is 6.68. The molecule has 0 bridgehead atoms. The number of hydrogen-bond donors (Lipinski definition) is 0. The Morgan fingerprint density at radius 2 is 2.00 bits per heavy atom. The predicted molar refractivity (Wildman–Crippen MR) is 64.6 cm³/mol. The number of fused-ring (bicyclic) bond motifs is 3. The van der Waals surface area contributed by atoms with Crippen LogP contribution in [-0.2, 0) is 0 Å². The first kappa shape index (κ1) is 9.93. The summed E-state index contributed by atoms with van der Waals surface area (Å²) >= 11 is 0. The third kappa shape index (κ3) is 1.04. The van der Waals surface area contributed by atoms with Crippen molar-refractivity contribution in [1.29, 1.82) is 0 Å². The van der Waals surface area contributed by atoms with Crippen molar-refractivity contribution in [3.63, 3.8) is 0 Å². The second-order valence-electron chi connectivity index (χ2n) is 6.95. The van der Waals surface area contributed by atoms with E-state index in [1.54, 1.807) is 0 Å². The van der Waals surface area contributed by atoms with E-state index in [4.69, 9.17) is 0 Å². The number of rotatable bonds is 0. The van der Waals surface area contributed by atoms with Crippen molar-refractivity contribution < 1.29 is 0 Å². The normalized spacial score (nSPS) is 51.5. The lowest BCUT2D eigenvalue weighted by Crippen LogP contribution is -2.36. The van der Waals surface area contributed by atoms with Gasteiger partial charge in [-0.25, -0.2) is 0 Å². The lowest BCUT2D eigenvalue weighted by Gasteiger charge is -2.45. The highest BCUT2D eigenvalue weighted by Crippen LogP contribution is 2.74. The van der Waals surface area contributed by atoms with Gasteiger partial charge in [0.05, 0.1) is 0 Å². The first-order chi connectivity index (χ1) is 6.99. The fourth-order valence-electron chi connectivity index (χ4n) is 4.96. The quantitative estimate of drug-likeness (QED) is 0.513. The smallest absolute Gasteiger partial charge is 0.00544 e. The summed E-state index contributed by atoms with van der Waals surface area (Å²) in [5.41, 5.74) is 3.00. The van der Waals surface area contributed by atoms with Gasteiger partial charge in [-0.1, -0.05) is 39.3 Å². The van der Waals surface area contributed by atoms with E-state index in [2.05, 4.69) is 33.8 Å². The summed E-state index contributed by atoms with van der Waals surface area (Å²) in [4.78, 5) is 0. The molecule has 4 atom stereocenters. The molecule has 84 valence electrons. The molecule has 0 amide bonds. The molecule has 0 aromatic carbocycles. The van der Waals surface area contributed by atoms with Gasteiger partial charge >= 0.3 is 0 Å². The molecule has 2 fully saturated rings. The molecule has 0 aromatic heterocycles. The maximum atomic E-state index is 2.60. The minimum atomic E-state index is 0.560. The first-order valence-electron chi connectivity index (χ1n) is 6.68. The van der Waals surface area contributed by atoms with Crippen LogP contribution in [0.5, 0.6) is 0 Å². The van der Waals surface area contributed by atoms with Gasteiger partial charge in [0, 0.05) is 0 Å². The van der Waals surface area contributed by atoms with E-state index in [1.165, 1.54) is 25.7 Å². The van der Waals surface area contributed by atoms with Gasteiger partial charge in [-0.05, 0) is 54.3 Å². The van der Waals surface area contributed by atoms with Crippen LogP contribution in [0.2, 0.25) is 0 Å². The molecular weight excluding hydrogens is 180 g/mol. The van der Waals surface area contributed by atoms with Crippen LogP contribution in [0, 0.1) is 28.6 Å². The highest BCUT2D eigenvalue weighted by atomic mass is 14.7. The van der Waals surface area contributed by atoms with Gasteiger partial charge in [-0.15, -0.1) is 0 Å². The predicted octanol–water partition coefficient (Wildman–Crippen LogP) is 4.42. The minimum Gasteiger partial charge on any atom is -0.0845 e. The molecule has 0 unspecified atom stereocenters. The largest absolute Gasteiger partial charge is 0.0845 e. The van der Waals surface area contributed by atoms with Crippen molar-refractivity contribution in [3.05, 3.63) is 11.6 Å². The lowest BCUT2D eigenvalue weighted by molar-refractivity contribution is 0.139. The Labute approximate surface area is 94.1 Å². The van der Waals surface area contributed by atoms with Gasteiger partial charge in [-0.2, -0.15) is 0 Å². The van der Waals surface area contributed by atoms with Crippen LogP contribution >= 0.6 is 0 Å². The molecule has 0 heterocycles. The number of hydrogen-bond acceptors (Lipinski definition) is 0. The molecule has 3 rings (SSSR count). The van der Waals surface area contributed by atoms with Gasteiger partial charge < -0.3 is 0 Å². The Bertz CT molecular complexity index is 323. The van der Waals surface area contributed by atoms with E-state index in [0.717, 1.165) is 17.8 Å². The molecule has 0 radical (unpaired) electrons. The summed E-state index contributed by atoms with van der Waals surface area (Å²) < 4.78 is 0. The van der Waals surface area contributed by atoms with Crippen molar-refractivity contribution >= 4 is 0 Å². The molecule has 0 heteroatoms. The molecule has 15 heavy (non-hydrogen) atoms. The van der Waals surface area contributed by atoms with E-state index < -0.39 is 0 Å². The second-order valence-corrected chi connectivity index (χ2v) is 6.95. The molecule has 0 nitrogen and oxygen atoms in total. The van der Waals surface area contributed by atoms with Gasteiger partial charge in [0.1, 0.15) is 0 Å². The van der Waals surface area contributed by atoms with Crippen LogP contribution in [0.3, 0.4) is 0 Å². The van der Waals surface area contributed by atoms with Gasteiger partial charge in [0.2, 0.25) is 0 Å². The third-order valence-corrected chi connectivity index (χ3v) is 6.11. The van der Waals surface area contributed by atoms with Crippen molar-refractivity contribution in [2.24, 2.45) is 28.6 Å². The SMILES string of the molecule is C[C@H]1CCCC2=CC[C@@H]3[C@@H](C3(C)C)[C@@]21C. The average Bonchev–Trinajstić information content (AvgIpc) is 2.73. The van der Waals surface area contributed by atoms with Gasteiger partial charge in [0.25, 0.3) is 0 Å². The van der Waals surface area contributed by atoms with Crippen LogP contribution in [-0.4, -0.2) is 0 Å². The van der Waals surface area contributed by atoms with E-state index >= 15 is 0 Å². The zero-order valence-corrected chi connectivity index (χ0v) is 10.6. The van der Waals surface area contributed by atoms with E-state index in [1.807, 2.05) is 5.57 Å². The topological polar surface area (TPSA) is 0 Å². The van der Waals surface area contributed by atoms with Crippen molar-refractivity contribution in [3.8, 4) is 0 Å². The molecule has 0 aliphatic heterocycles. The highest BCUT2D eigenvalue weighted by molar-refractivity contribution is 5.31. The molecule has 2 saturated carbocycles. The fourth-order valence-corrected chi connectivity index (χ4v) is 4.96. The van der Waals surface area contributed by atoms with Crippen LogP contribution in [0.4, 0.5) is 0 Å². The fraction of sp³-hybridized carbons (Fsp3) is 0.867. The molecule has 3 aliphatic rings. The summed E-state index contributed by atoms with van der Waals surface area (Å²) in [6.07, 6.45) is 8.24. The standard InChI is InChI=1S/C15H24/c1-10-6-5-7-11-8-9-12-13(14(12,2)3)15(10,11)4/h8,10,12-13H,5-7,9H2,1-4H3/t10-,12+,13-,15+/m0/s1. The Hall–Kier alpha value is -0.260. The van der Waals surface area contributed by atoms with Crippen LogP contribution < -0.4 is 0 Å². The summed E-state index contributed by atoms with van der Waals surface area (Å²) in [6.45, 7) is 10.0. The molecule has 0 aromatic rings. The summed E-state index contributed by atoms with van der Waals surface area (Å²) in [5, 5.41) is 0. The summed E-state index contributed by atoms with van der Waals surface area (Å²) in [6, 6.07) is 0. The molecule has 0 saturated heterocycles. The monoisotopic (exact) mass is 204 g/mol. The zero-order chi connectivity index (χ0) is 10.8. The van der Waals surface area contributed by atoms with Gasteiger partial charge in [0.15, 0.2) is 0 Å². The average molecular weight is 204 g/mol. The lowest BCUT2D eigenvalue weighted by atomic mass is 9.59. The Balaban J connectivity index is 2.02. The molecule has 3 aliphatic carbocycles. The van der Waals surface area contributed by atoms with Crippen molar-refractivity contribution in [2.45, 2.75) is 53.4 Å². The van der Waals surface area contributed by atoms with E-state index in [0.29, 0.717) is 10.8 Å². The molecular formula is C15H24. The summed E-state index contributed by atoms with van der Waals surface area (Å²) in [7, 11) is 0. The van der Waals surface area contributed by atoms with Gasteiger partial charge in [-0.3, -0.25) is 0 Å². The minimum absolute atomic E-state index is 0.560. The third-order valence-electron chi connectivity index (χ3n) is 6.11. The molecule has 0 spiro atoms. The highest BCUT2D eigenvalue weighted by Gasteiger charge is 2.67. The zero-order valence-electron chi connectivity index (χ0n) is 10.6. The van der Waals surface area contributed by atoms with Crippen molar-refractivity contribution in [1.82, 2.24) is 0 Å². The van der Waals surface area contributed by atoms with Crippen molar-refractivity contribution in [2.75, 3.05) is 0 Å². The van der Waals surface area contributed by atoms with E-state index in [-0.39, 0.29) is 0 Å². The maximum Gasteiger partial charge on any atom is -0.00544 e.